The monoisotopic (exact) mass is 302 g/mol. The summed E-state index contributed by atoms with van der Waals surface area (Å²) >= 11 is 3.26. The third kappa shape index (κ3) is 3.89. The lowest BCUT2D eigenvalue weighted by atomic mass is 9.96. The standard InChI is InChI=1S/C13H16BrFO2/c1-4-17-13(2,3)12(16)8-9-7-10(14)5-6-11(9)15/h5-7H,4,8H2,1-3H3. The third-order valence-electron chi connectivity index (χ3n) is 2.54. The first-order chi connectivity index (χ1) is 7.86. The predicted molar refractivity (Wildman–Crippen MR) is 68.5 cm³/mol. The fraction of sp³-hybridized carbons (Fsp3) is 0.462. The summed E-state index contributed by atoms with van der Waals surface area (Å²) in [5, 5.41) is 0. The number of benzene rings is 1. The highest BCUT2D eigenvalue weighted by Gasteiger charge is 2.28. The minimum Gasteiger partial charge on any atom is -0.368 e. The number of halogens is 2. The van der Waals surface area contributed by atoms with E-state index in [4.69, 9.17) is 4.74 Å². The van der Waals surface area contributed by atoms with E-state index in [0.717, 1.165) is 4.47 Å². The van der Waals surface area contributed by atoms with Crippen molar-refractivity contribution in [2.75, 3.05) is 6.61 Å². The average Bonchev–Trinajstić information content (AvgIpc) is 2.23. The van der Waals surface area contributed by atoms with Crippen LogP contribution in [-0.4, -0.2) is 18.0 Å². The van der Waals surface area contributed by atoms with Crippen LogP contribution in [0.1, 0.15) is 26.3 Å². The van der Waals surface area contributed by atoms with E-state index in [-0.39, 0.29) is 18.0 Å². The summed E-state index contributed by atoms with van der Waals surface area (Å²) in [5.41, 5.74) is -0.485. The van der Waals surface area contributed by atoms with E-state index in [0.29, 0.717) is 12.2 Å². The largest absolute Gasteiger partial charge is 0.368 e. The van der Waals surface area contributed by atoms with Gasteiger partial charge < -0.3 is 4.74 Å². The van der Waals surface area contributed by atoms with Crippen LogP contribution >= 0.6 is 15.9 Å². The normalized spacial score (nSPS) is 11.6. The molecule has 0 aliphatic heterocycles. The van der Waals surface area contributed by atoms with Gasteiger partial charge in [-0.15, -0.1) is 0 Å². The SMILES string of the molecule is CCOC(C)(C)C(=O)Cc1cc(Br)ccc1F. The van der Waals surface area contributed by atoms with E-state index >= 15 is 0 Å². The molecule has 1 rings (SSSR count). The van der Waals surface area contributed by atoms with E-state index in [9.17, 15) is 9.18 Å². The highest BCUT2D eigenvalue weighted by molar-refractivity contribution is 9.10. The minimum atomic E-state index is -0.872. The van der Waals surface area contributed by atoms with Crippen LogP contribution in [0.15, 0.2) is 22.7 Å². The molecule has 1 aromatic rings. The van der Waals surface area contributed by atoms with Gasteiger partial charge in [0.05, 0.1) is 0 Å². The summed E-state index contributed by atoms with van der Waals surface area (Å²) < 4.78 is 19.6. The molecule has 0 saturated heterocycles. The summed E-state index contributed by atoms with van der Waals surface area (Å²) in [6.45, 7) is 5.69. The topological polar surface area (TPSA) is 26.3 Å². The van der Waals surface area contributed by atoms with Crippen LogP contribution in [0.2, 0.25) is 0 Å². The molecule has 0 radical (unpaired) electrons. The Kier molecular flexibility index (Phi) is 4.83. The first-order valence-electron chi connectivity index (χ1n) is 5.48. The van der Waals surface area contributed by atoms with Crippen molar-refractivity contribution in [1.82, 2.24) is 0 Å². The highest BCUT2D eigenvalue weighted by atomic mass is 79.9. The van der Waals surface area contributed by atoms with Crippen molar-refractivity contribution in [1.29, 1.82) is 0 Å². The highest BCUT2D eigenvalue weighted by Crippen LogP contribution is 2.19. The zero-order valence-electron chi connectivity index (χ0n) is 10.2. The van der Waals surface area contributed by atoms with Gasteiger partial charge in [0, 0.05) is 17.5 Å². The lowest BCUT2D eigenvalue weighted by Gasteiger charge is -2.23. The van der Waals surface area contributed by atoms with Crippen LogP contribution in [0.4, 0.5) is 4.39 Å². The van der Waals surface area contributed by atoms with Crippen molar-refractivity contribution >= 4 is 21.7 Å². The van der Waals surface area contributed by atoms with Crippen molar-refractivity contribution < 1.29 is 13.9 Å². The molecule has 4 heteroatoms. The van der Waals surface area contributed by atoms with Crippen LogP contribution in [0.3, 0.4) is 0 Å². The lowest BCUT2D eigenvalue weighted by Crippen LogP contribution is -2.36. The smallest absolute Gasteiger partial charge is 0.168 e. The molecule has 2 nitrogen and oxygen atoms in total. The van der Waals surface area contributed by atoms with Crippen LogP contribution in [0.25, 0.3) is 0 Å². The lowest BCUT2D eigenvalue weighted by molar-refractivity contribution is -0.139. The van der Waals surface area contributed by atoms with E-state index < -0.39 is 5.60 Å². The van der Waals surface area contributed by atoms with Gasteiger partial charge in [0.2, 0.25) is 0 Å². The molecule has 0 heterocycles. The van der Waals surface area contributed by atoms with Crippen molar-refractivity contribution in [2.45, 2.75) is 32.8 Å². The van der Waals surface area contributed by atoms with Gasteiger partial charge >= 0.3 is 0 Å². The molecule has 0 spiro atoms. The molecule has 0 aromatic heterocycles. The molecule has 0 saturated carbocycles. The Morgan fingerprint density at radius 2 is 2.12 bits per heavy atom. The number of carbonyl (C=O) groups excluding carboxylic acids is 1. The Hall–Kier alpha value is -0.740. The zero-order chi connectivity index (χ0) is 13.1. The first kappa shape index (κ1) is 14.3. The fourth-order valence-electron chi connectivity index (χ4n) is 1.51. The van der Waals surface area contributed by atoms with E-state index in [1.54, 1.807) is 26.0 Å². The molecule has 1 aromatic carbocycles. The quantitative estimate of drug-likeness (QED) is 0.832. The summed E-state index contributed by atoms with van der Waals surface area (Å²) in [6.07, 6.45) is 0.0400. The Labute approximate surface area is 109 Å². The number of rotatable bonds is 5. The van der Waals surface area contributed by atoms with Crippen LogP contribution in [-0.2, 0) is 16.0 Å². The molecule has 0 unspecified atom stereocenters. The molecule has 94 valence electrons. The number of hydrogen-bond acceptors (Lipinski definition) is 2. The van der Waals surface area contributed by atoms with Crippen molar-refractivity contribution in [3.8, 4) is 0 Å². The third-order valence-corrected chi connectivity index (χ3v) is 3.03. The van der Waals surface area contributed by atoms with Gasteiger partial charge in [0.25, 0.3) is 0 Å². The maximum absolute atomic E-state index is 13.5. The van der Waals surface area contributed by atoms with E-state index in [1.807, 2.05) is 6.92 Å². The molecular weight excluding hydrogens is 287 g/mol. The molecule has 0 aliphatic carbocycles. The van der Waals surface area contributed by atoms with Crippen molar-refractivity contribution in [3.05, 3.63) is 34.1 Å². The second-order valence-electron chi connectivity index (χ2n) is 4.28. The molecular formula is C13H16BrFO2. The molecule has 17 heavy (non-hydrogen) atoms. The summed E-state index contributed by atoms with van der Waals surface area (Å²) in [7, 11) is 0. The fourth-order valence-corrected chi connectivity index (χ4v) is 1.91. The van der Waals surface area contributed by atoms with Crippen LogP contribution < -0.4 is 0 Å². The molecule has 0 bridgehead atoms. The predicted octanol–water partition coefficient (Wildman–Crippen LogP) is 3.51. The Bertz CT molecular complexity index is 416. The molecule has 0 amide bonds. The van der Waals surface area contributed by atoms with Crippen LogP contribution in [0, 0.1) is 5.82 Å². The van der Waals surface area contributed by atoms with E-state index in [2.05, 4.69) is 15.9 Å². The maximum Gasteiger partial charge on any atom is 0.168 e. The van der Waals surface area contributed by atoms with Crippen molar-refractivity contribution in [3.63, 3.8) is 0 Å². The summed E-state index contributed by atoms with van der Waals surface area (Å²) in [4.78, 5) is 12.0. The number of ketones is 1. The molecule has 0 atom stereocenters. The Morgan fingerprint density at radius 1 is 1.47 bits per heavy atom. The van der Waals surface area contributed by atoms with Gasteiger partial charge in [-0.2, -0.15) is 0 Å². The second kappa shape index (κ2) is 5.74. The summed E-state index contributed by atoms with van der Waals surface area (Å²) in [6, 6.07) is 4.58. The molecule has 0 N–H and O–H groups in total. The summed E-state index contributed by atoms with van der Waals surface area (Å²) in [5.74, 6) is -0.495. The first-order valence-corrected chi connectivity index (χ1v) is 6.27. The minimum absolute atomic E-state index is 0.0400. The van der Waals surface area contributed by atoms with Gasteiger partial charge in [-0.3, -0.25) is 4.79 Å². The van der Waals surface area contributed by atoms with Gasteiger partial charge in [0.1, 0.15) is 11.4 Å². The molecule has 0 aliphatic rings. The number of ether oxygens (including phenoxy) is 1. The van der Waals surface area contributed by atoms with Gasteiger partial charge in [-0.25, -0.2) is 4.39 Å². The average molecular weight is 303 g/mol. The Morgan fingerprint density at radius 3 is 2.71 bits per heavy atom. The van der Waals surface area contributed by atoms with E-state index in [1.165, 1.54) is 6.07 Å². The number of hydrogen-bond donors (Lipinski definition) is 0. The number of Topliss-reactive ketones (excluding diaryl/α,β-unsaturated/α-hetero) is 1. The zero-order valence-corrected chi connectivity index (χ0v) is 11.8. The molecule has 0 fully saturated rings. The van der Waals surface area contributed by atoms with Gasteiger partial charge in [0.15, 0.2) is 5.78 Å². The maximum atomic E-state index is 13.5. The number of carbonyl (C=O) groups is 1. The Balaban J connectivity index is 2.84. The van der Waals surface area contributed by atoms with Crippen LogP contribution in [0.5, 0.6) is 0 Å². The van der Waals surface area contributed by atoms with Gasteiger partial charge in [-0.1, -0.05) is 15.9 Å². The van der Waals surface area contributed by atoms with Crippen molar-refractivity contribution in [2.24, 2.45) is 0 Å². The second-order valence-corrected chi connectivity index (χ2v) is 5.19. The van der Waals surface area contributed by atoms with Gasteiger partial charge in [-0.05, 0) is 44.5 Å².